The van der Waals surface area contributed by atoms with Crippen molar-refractivity contribution >= 4 is 21.8 Å². The lowest BCUT2D eigenvalue weighted by Crippen LogP contribution is -2.13. The van der Waals surface area contributed by atoms with Crippen molar-refractivity contribution in [2.24, 2.45) is 0 Å². The Morgan fingerprint density at radius 1 is 1.17 bits per heavy atom. The molecule has 9 heteroatoms. The molecule has 0 saturated heterocycles. The Morgan fingerprint density at radius 2 is 2.00 bits per heavy atom. The molecule has 0 bridgehead atoms. The normalized spacial score (nSPS) is 11.2. The molecule has 0 radical (unpaired) electrons. The quantitative estimate of drug-likeness (QED) is 0.767. The lowest BCUT2D eigenvalue weighted by atomic mass is 10.2. The van der Waals surface area contributed by atoms with Crippen molar-refractivity contribution in [2.45, 2.75) is 4.90 Å². The first-order valence-electron chi connectivity index (χ1n) is 6.79. The molecular formula is C15H12N4O4S. The minimum absolute atomic E-state index is 0.0525. The monoisotopic (exact) mass is 344 g/mol. The minimum Gasteiger partial charge on any atom is -0.403 e. The van der Waals surface area contributed by atoms with Crippen LogP contribution >= 0.6 is 0 Å². The number of nitrogens with zero attached hydrogens (tertiary/aromatic N) is 3. The van der Waals surface area contributed by atoms with Crippen molar-refractivity contribution in [3.05, 3.63) is 54.4 Å². The summed E-state index contributed by atoms with van der Waals surface area (Å²) in [6.07, 6.45) is 4.23. The van der Waals surface area contributed by atoms with E-state index in [9.17, 15) is 13.2 Å². The largest absolute Gasteiger partial charge is 0.403 e. The van der Waals surface area contributed by atoms with Crippen molar-refractivity contribution in [3.8, 4) is 11.5 Å². The molecule has 0 unspecified atom stereocenters. The lowest BCUT2D eigenvalue weighted by Gasteiger charge is -2.03. The highest BCUT2D eigenvalue weighted by molar-refractivity contribution is 7.90. The molecule has 0 atom stereocenters. The van der Waals surface area contributed by atoms with Crippen LogP contribution in [-0.2, 0) is 9.84 Å². The van der Waals surface area contributed by atoms with Crippen LogP contribution in [0.2, 0.25) is 0 Å². The number of carbonyl (C=O) groups excluding carboxylic acids is 1. The first-order chi connectivity index (χ1) is 11.4. The van der Waals surface area contributed by atoms with Crippen LogP contribution in [0.5, 0.6) is 0 Å². The Morgan fingerprint density at radius 3 is 2.71 bits per heavy atom. The second-order valence-corrected chi connectivity index (χ2v) is 6.92. The first-order valence-corrected chi connectivity index (χ1v) is 8.68. The molecule has 3 aromatic rings. The molecule has 0 aliphatic heterocycles. The van der Waals surface area contributed by atoms with E-state index in [4.69, 9.17) is 4.42 Å². The van der Waals surface area contributed by atoms with Gasteiger partial charge < -0.3 is 4.42 Å². The Kier molecular flexibility index (Phi) is 4.09. The van der Waals surface area contributed by atoms with E-state index in [0.717, 1.165) is 6.26 Å². The third-order valence-electron chi connectivity index (χ3n) is 3.08. The number of pyridine rings is 1. The van der Waals surface area contributed by atoms with Gasteiger partial charge in [-0.15, -0.1) is 5.10 Å². The number of aromatic nitrogens is 3. The van der Waals surface area contributed by atoms with Gasteiger partial charge in [0.15, 0.2) is 9.84 Å². The molecule has 122 valence electrons. The average Bonchev–Trinajstić information content (AvgIpc) is 3.03. The Bertz CT molecular complexity index is 983. The van der Waals surface area contributed by atoms with Crippen molar-refractivity contribution in [3.63, 3.8) is 0 Å². The molecule has 2 aromatic heterocycles. The highest BCUT2D eigenvalue weighted by atomic mass is 32.2. The summed E-state index contributed by atoms with van der Waals surface area (Å²) in [5, 5.41) is 9.99. The first kappa shape index (κ1) is 15.8. The number of amides is 1. The summed E-state index contributed by atoms with van der Waals surface area (Å²) in [4.78, 5) is 16.2. The van der Waals surface area contributed by atoms with Crippen molar-refractivity contribution in [2.75, 3.05) is 11.6 Å². The topological polar surface area (TPSA) is 115 Å². The molecule has 1 aromatic carbocycles. The zero-order valence-corrected chi connectivity index (χ0v) is 13.3. The third kappa shape index (κ3) is 3.46. The van der Waals surface area contributed by atoms with Gasteiger partial charge in [-0.1, -0.05) is 11.2 Å². The number of rotatable bonds is 4. The van der Waals surface area contributed by atoms with Crippen molar-refractivity contribution in [1.82, 2.24) is 15.2 Å². The van der Waals surface area contributed by atoms with Crippen molar-refractivity contribution in [1.29, 1.82) is 0 Å². The summed E-state index contributed by atoms with van der Waals surface area (Å²) >= 11 is 0. The van der Waals surface area contributed by atoms with E-state index < -0.39 is 15.7 Å². The van der Waals surface area contributed by atoms with Crippen LogP contribution in [0.15, 0.2) is 58.1 Å². The molecule has 24 heavy (non-hydrogen) atoms. The van der Waals surface area contributed by atoms with Gasteiger partial charge in [0.25, 0.3) is 11.8 Å². The molecular weight excluding hydrogens is 332 g/mol. The van der Waals surface area contributed by atoms with Gasteiger partial charge in [0.2, 0.25) is 0 Å². The number of hydrogen-bond donors (Lipinski definition) is 1. The van der Waals surface area contributed by atoms with E-state index in [0.29, 0.717) is 5.56 Å². The van der Waals surface area contributed by atoms with Gasteiger partial charge in [0.1, 0.15) is 0 Å². The van der Waals surface area contributed by atoms with E-state index in [1.807, 2.05) is 0 Å². The summed E-state index contributed by atoms with van der Waals surface area (Å²) < 4.78 is 28.4. The third-order valence-corrected chi connectivity index (χ3v) is 4.19. The van der Waals surface area contributed by atoms with Gasteiger partial charge in [-0.2, -0.15) is 0 Å². The fraction of sp³-hybridized carbons (Fsp3) is 0.0667. The second kappa shape index (κ2) is 6.20. The van der Waals surface area contributed by atoms with Crippen LogP contribution in [-0.4, -0.2) is 35.8 Å². The number of nitrogens with one attached hydrogen (secondary N) is 1. The van der Waals surface area contributed by atoms with Crippen molar-refractivity contribution < 1.29 is 17.6 Å². The maximum absolute atomic E-state index is 12.2. The van der Waals surface area contributed by atoms with Gasteiger partial charge in [-0.3, -0.25) is 15.1 Å². The molecule has 0 saturated carbocycles. The standard InChI is InChI=1S/C15H12N4O4S/c1-24(21,22)12-6-2-4-10(8-12)13(20)17-15-19-18-14(23-15)11-5-3-7-16-9-11/h2-9H,1H3,(H,17,19,20). The Balaban J connectivity index is 1.80. The number of carbonyl (C=O) groups is 1. The summed E-state index contributed by atoms with van der Waals surface area (Å²) in [7, 11) is -3.40. The van der Waals surface area contributed by atoms with E-state index in [1.54, 1.807) is 24.5 Å². The molecule has 1 amide bonds. The zero-order valence-electron chi connectivity index (χ0n) is 12.5. The van der Waals surface area contributed by atoms with Crippen LogP contribution in [0, 0.1) is 0 Å². The smallest absolute Gasteiger partial charge is 0.322 e. The Labute approximate surface area is 137 Å². The van der Waals surface area contributed by atoms with Crippen LogP contribution in [0.3, 0.4) is 0 Å². The van der Waals surface area contributed by atoms with Gasteiger partial charge in [0, 0.05) is 24.2 Å². The highest BCUT2D eigenvalue weighted by Crippen LogP contribution is 2.19. The molecule has 0 spiro atoms. The van der Waals surface area contributed by atoms with Gasteiger partial charge in [0.05, 0.1) is 10.5 Å². The molecule has 3 rings (SSSR count). The zero-order chi connectivity index (χ0) is 17.2. The predicted molar refractivity (Wildman–Crippen MR) is 85.0 cm³/mol. The second-order valence-electron chi connectivity index (χ2n) is 4.91. The van der Waals surface area contributed by atoms with Gasteiger partial charge >= 0.3 is 6.01 Å². The van der Waals surface area contributed by atoms with E-state index >= 15 is 0 Å². The number of benzene rings is 1. The number of hydrogen-bond acceptors (Lipinski definition) is 7. The van der Waals surface area contributed by atoms with Crippen LogP contribution in [0.1, 0.15) is 10.4 Å². The van der Waals surface area contributed by atoms with Crippen LogP contribution < -0.4 is 5.32 Å². The molecule has 0 aliphatic carbocycles. The predicted octanol–water partition coefficient (Wildman–Crippen LogP) is 1.79. The Hall–Kier alpha value is -3.07. The number of sulfone groups is 1. The molecule has 0 aliphatic rings. The van der Waals surface area contributed by atoms with Gasteiger partial charge in [-0.25, -0.2) is 8.42 Å². The molecule has 8 nitrogen and oxygen atoms in total. The van der Waals surface area contributed by atoms with E-state index in [2.05, 4.69) is 20.5 Å². The SMILES string of the molecule is CS(=O)(=O)c1cccc(C(=O)Nc2nnc(-c3cccnc3)o2)c1. The molecule has 2 heterocycles. The summed E-state index contributed by atoms with van der Waals surface area (Å²) in [6, 6.07) is 9.03. The van der Waals surface area contributed by atoms with E-state index in [1.165, 1.54) is 24.3 Å². The van der Waals surface area contributed by atoms with Crippen LogP contribution in [0.4, 0.5) is 6.01 Å². The minimum atomic E-state index is -3.40. The summed E-state index contributed by atoms with van der Waals surface area (Å²) in [6.45, 7) is 0. The van der Waals surface area contributed by atoms with E-state index in [-0.39, 0.29) is 22.4 Å². The number of anilines is 1. The van der Waals surface area contributed by atoms with Crippen LogP contribution in [0.25, 0.3) is 11.5 Å². The maximum atomic E-state index is 12.2. The lowest BCUT2D eigenvalue weighted by molar-refractivity contribution is 0.102. The molecule has 1 N–H and O–H groups in total. The average molecular weight is 344 g/mol. The fourth-order valence-corrected chi connectivity index (χ4v) is 2.58. The fourth-order valence-electron chi connectivity index (χ4n) is 1.92. The summed E-state index contributed by atoms with van der Waals surface area (Å²) in [5.74, 6) is -0.342. The maximum Gasteiger partial charge on any atom is 0.322 e. The highest BCUT2D eigenvalue weighted by Gasteiger charge is 2.15. The summed E-state index contributed by atoms with van der Waals surface area (Å²) in [5.41, 5.74) is 0.781. The van der Waals surface area contributed by atoms with Gasteiger partial charge in [-0.05, 0) is 30.3 Å². The molecule has 0 fully saturated rings.